The van der Waals surface area contributed by atoms with Gasteiger partial charge in [0.2, 0.25) is 0 Å². The molecule has 4 N–H and O–H groups in total. The van der Waals surface area contributed by atoms with E-state index in [0.29, 0.717) is 25.7 Å². The number of nitrogens with one attached hydrogen (secondary N) is 2. The molecule has 0 atom stereocenters. The number of hydrogen-bond acceptors (Lipinski definition) is 4. The fourth-order valence-electron chi connectivity index (χ4n) is 2.96. The molecule has 1 aromatic heterocycles. The highest BCUT2D eigenvalue weighted by molar-refractivity contribution is 6.00. The highest BCUT2D eigenvalue weighted by Crippen LogP contribution is 2.29. The number of amidine groups is 1. The Labute approximate surface area is 160 Å². The maximum atomic E-state index is 13.5. The maximum Gasteiger partial charge on any atom is 0.421 e. The number of imidazole rings is 1. The number of rotatable bonds is 5. The first-order chi connectivity index (χ1) is 13.4. The van der Waals surface area contributed by atoms with Crippen LogP contribution < -0.4 is 11.1 Å². The van der Waals surface area contributed by atoms with E-state index >= 15 is 0 Å². The number of nitrogens with two attached hydrogens (primary N) is 1. The second-order valence-corrected chi connectivity index (χ2v) is 6.30. The third-order valence-electron chi connectivity index (χ3n) is 4.37. The third kappa shape index (κ3) is 4.54. The van der Waals surface area contributed by atoms with Crippen LogP contribution in [0.15, 0.2) is 65.8 Å². The van der Waals surface area contributed by atoms with Crippen LogP contribution in [0.1, 0.15) is 17.0 Å². The van der Waals surface area contributed by atoms with Crippen LogP contribution >= 0.6 is 0 Å². The number of benzene rings is 1. The zero-order valence-corrected chi connectivity index (χ0v) is 15.1. The van der Waals surface area contributed by atoms with Gasteiger partial charge in [-0.2, -0.15) is 13.2 Å². The molecule has 2 aromatic rings. The van der Waals surface area contributed by atoms with Gasteiger partial charge in [0.1, 0.15) is 17.2 Å². The number of fused-ring (bicyclic) bond motifs is 1. The Morgan fingerprint density at radius 1 is 1.36 bits per heavy atom. The lowest BCUT2D eigenvalue weighted by atomic mass is 10.1. The summed E-state index contributed by atoms with van der Waals surface area (Å²) in [5.41, 5.74) is 6.90. The lowest BCUT2D eigenvalue weighted by Crippen LogP contribution is -2.41. The first-order valence-electron chi connectivity index (χ1n) is 8.69. The van der Waals surface area contributed by atoms with Crippen molar-refractivity contribution < 1.29 is 13.2 Å². The third-order valence-corrected chi connectivity index (χ3v) is 4.37. The van der Waals surface area contributed by atoms with Crippen molar-refractivity contribution in [2.45, 2.75) is 25.7 Å². The molecular weight excluding hydrogens is 369 g/mol. The van der Waals surface area contributed by atoms with Gasteiger partial charge >= 0.3 is 6.18 Å². The Morgan fingerprint density at radius 2 is 2.11 bits per heavy atom. The van der Waals surface area contributed by atoms with E-state index in [1.54, 1.807) is 0 Å². The molecule has 1 aromatic carbocycles. The number of aromatic nitrogens is 2. The summed E-state index contributed by atoms with van der Waals surface area (Å²) in [6.07, 6.45) is -2.04. The molecule has 0 aliphatic carbocycles. The molecule has 2 heterocycles. The van der Waals surface area contributed by atoms with E-state index in [9.17, 15) is 13.2 Å². The molecule has 0 bridgehead atoms. The first kappa shape index (κ1) is 19.5. The summed E-state index contributed by atoms with van der Waals surface area (Å²) >= 11 is 0. The SMILES string of the molecule is C=C(N=C(/C(=C\N)C(F)(F)F)N1CCc2nc[nH]c2C1)NCc1ccccc1. The quantitative estimate of drug-likeness (QED) is 0.542. The lowest BCUT2D eigenvalue weighted by molar-refractivity contribution is -0.0872. The van der Waals surface area contributed by atoms with Gasteiger partial charge in [0.05, 0.1) is 24.3 Å². The summed E-state index contributed by atoms with van der Waals surface area (Å²) in [7, 11) is 0. The van der Waals surface area contributed by atoms with Crippen molar-refractivity contribution >= 4 is 5.84 Å². The minimum atomic E-state index is -4.64. The van der Waals surface area contributed by atoms with Crippen molar-refractivity contribution in [1.29, 1.82) is 0 Å². The summed E-state index contributed by atoms with van der Waals surface area (Å²) < 4.78 is 40.6. The standard InChI is InChI=1S/C19H21F3N6/c1-13(24-10-14-5-3-2-4-6-14)27-18(15(9-23)19(20,21)22)28-8-7-16-17(11-28)26-12-25-16/h2-6,9,12,24H,1,7-8,10-11,23H2,(H,25,26)/b15-9+,27-18?. The van der Waals surface area contributed by atoms with Gasteiger partial charge in [-0.05, 0) is 5.56 Å². The van der Waals surface area contributed by atoms with Crippen molar-refractivity contribution in [3.8, 4) is 0 Å². The van der Waals surface area contributed by atoms with Gasteiger partial charge in [0, 0.05) is 25.7 Å². The maximum absolute atomic E-state index is 13.5. The van der Waals surface area contributed by atoms with Crippen LogP contribution in [-0.4, -0.2) is 33.4 Å². The molecule has 9 heteroatoms. The summed E-state index contributed by atoms with van der Waals surface area (Å²) in [6.45, 7) is 4.73. The van der Waals surface area contributed by atoms with E-state index in [1.165, 1.54) is 11.2 Å². The molecule has 6 nitrogen and oxygen atoms in total. The van der Waals surface area contributed by atoms with Gasteiger partial charge in [-0.3, -0.25) is 0 Å². The number of aliphatic imine (C=N–C) groups is 1. The van der Waals surface area contributed by atoms with E-state index in [-0.39, 0.29) is 18.2 Å². The van der Waals surface area contributed by atoms with E-state index in [2.05, 4.69) is 26.9 Å². The average molecular weight is 390 g/mol. The van der Waals surface area contributed by atoms with Gasteiger partial charge in [-0.15, -0.1) is 0 Å². The van der Waals surface area contributed by atoms with Gasteiger partial charge in [0.15, 0.2) is 0 Å². The van der Waals surface area contributed by atoms with Gasteiger partial charge < -0.3 is 20.9 Å². The summed E-state index contributed by atoms with van der Waals surface area (Å²) in [4.78, 5) is 12.8. The fraction of sp³-hybridized carbons (Fsp3) is 0.263. The number of halogens is 3. The van der Waals surface area contributed by atoms with Crippen molar-refractivity contribution in [2.75, 3.05) is 6.54 Å². The Kier molecular flexibility index (Phi) is 5.72. The number of H-pyrrole nitrogens is 1. The molecule has 0 unspecified atom stereocenters. The van der Waals surface area contributed by atoms with Crippen molar-refractivity contribution in [2.24, 2.45) is 10.7 Å². The minimum Gasteiger partial charge on any atom is -0.404 e. The Hall–Kier alpha value is -3.23. The zero-order valence-electron chi connectivity index (χ0n) is 15.1. The lowest BCUT2D eigenvalue weighted by Gasteiger charge is -2.31. The molecule has 28 heavy (non-hydrogen) atoms. The molecule has 3 rings (SSSR count). The number of aromatic amines is 1. The highest BCUT2D eigenvalue weighted by Gasteiger charge is 2.40. The van der Waals surface area contributed by atoms with Crippen molar-refractivity contribution in [3.05, 3.63) is 77.8 Å². The van der Waals surface area contributed by atoms with E-state index in [1.807, 2.05) is 30.3 Å². The van der Waals surface area contributed by atoms with Crippen LogP contribution in [-0.2, 0) is 19.5 Å². The normalized spacial score (nSPS) is 15.3. The van der Waals surface area contributed by atoms with Gasteiger partial charge in [0.25, 0.3) is 0 Å². The summed E-state index contributed by atoms with van der Waals surface area (Å²) in [5, 5.41) is 2.95. The Morgan fingerprint density at radius 3 is 2.79 bits per heavy atom. The second kappa shape index (κ2) is 8.20. The Balaban J connectivity index is 1.83. The second-order valence-electron chi connectivity index (χ2n) is 6.30. The molecular formula is C19H21F3N6. The topological polar surface area (TPSA) is 82.3 Å². The Bertz CT molecular complexity index is 883. The van der Waals surface area contributed by atoms with E-state index in [0.717, 1.165) is 17.0 Å². The van der Waals surface area contributed by atoms with Crippen LogP contribution in [0.5, 0.6) is 0 Å². The molecule has 1 aliphatic heterocycles. The van der Waals surface area contributed by atoms with Crippen LogP contribution in [0.4, 0.5) is 13.2 Å². The smallest absolute Gasteiger partial charge is 0.404 e. The zero-order chi connectivity index (χ0) is 20.1. The van der Waals surface area contributed by atoms with E-state index < -0.39 is 11.7 Å². The van der Waals surface area contributed by atoms with E-state index in [4.69, 9.17) is 5.73 Å². The molecule has 0 amide bonds. The average Bonchev–Trinajstić information content (AvgIpc) is 3.13. The molecule has 0 saturated carbocycles. The van der Waals surface area contributed by atoms with Crippen LogP contribution in [0, 0.1) is 0 Å². The minimum absolute atomic E-state index is 0.123. The monoisotopic (exact) mass is 390 g/mol. The molecule has 148 valence electrons. The van der Waals surface area contributed by atoms with Crippen molar-refractivity contribution in [3.63, 3.8) is 0 Å². The number of nitrogens with zero attached hydrogens (tertiary/aromatic N) is 3. The number of alkyl halides is 3. The fourth-order valence-corrected chi connectivity index (χ4v) is 2.96. The molecule has 0 fully saturated rings. The number of hydrogen-bond donors (Lipinski definition) is 3. The predicted octanol–water partition coefficient (Wildman–Crippen LogP) is 2.83. The molecule has 0 spiro atoms. The molecule has 0 saturated heterocycles. The largest absolute Gasteiger partial charge is 0.421 e. The van der Waals surface area contributed by atoms with Crippen molar-refractivity contribution in [1.82, 2.24) is 20.2 Å². The predicted molar refractivity (Wildman–Crippen MR) is 101 cm³/mol. The van der Waals surface area contributed by atoms with Gasteiger partial charge in [-0.25, -0.2) is 9.98 Å². The summed E-state index contributed by atoms with van der Waals surface area (Å²) in [6, 6.07) is 9.44. The molecule has 1 aliphatic rings. The molecule has 0 radical (unpaired) electrons. The van der Waals surface area contributed by atoms with Crippen LogP contribution in [0.3, 0.4) is 0 Å². The highest BCUT2D eigenvalue weighted by atomic mass is 19.4. The first-order valence-corrected chi connectivity index (χ1v) is 8.69. The van der Waals surface area contributed by atoms with Crippen LogP contribution in [0.25, 0.3) is 0 Å². The summed E-state index contributed by atoms with van der Waals surface area (Å²) in [5.74, 6) is -0.140. The van der Waals surface area contributed by atoms with Gasteiger partial charge in [-0.1, -0.05) is 36.9 Å². The van der Waals surface area contributed by atoms with Crippen LogP contribution in [0.2, 0.25) is 0 Å².